The van der Waals surface area contributed by atoms with E-state index in [1.165, 1.54) is 11.1 Å². The lowest BCUT2D eigenvalue weighted by Crippen LogP contribution is -2.19. The lowest BCUT2D eigenvalue weighted by atomic mass is 9.80. The van der Waals surface area contributed by atoms with Crippen LogP contribution in [0.2, 0.25) is 0 Å². The van der Waals surface area contributed by atoms with Gasteiger partial charge in [0.2, 0.25) is 0 Å². The van der Waals surface area contributed by atoms with Gasteiger partial charge in [-0.2, -0.15) is 5.10 Å². The Labute approximate surface area is 156 Å². The van der Waals surface area contributed by atoms with Crippen LogP contribution in [0.5, 0.6) is 0 Å². The van der Waals surface area contributed by atoms with Crippen LogP contribution in [0.1, 0.15) is 68.6 Å². The molecule has 26 heavy (non-hydrogen) atoms. The van der Waals surface area contributed by atoms with E-state index in [1.54, 1.807) is 30.5 Å². The van der Waals surface area contributed by atoms with Crippen molar-refractivity contribution in [1.29, 1.82) is 0 Å². The molecule has 2 aromatic carbocycles. The lowest BCUT2D eigenvalue weighted by molar-refractivity contribution is 0.0956. The smallest absolute Gasteiger partial charge is 0.273 e. The number of nitrogens with zero attached hydrogens (tertiary/aromatic N) is 1. The van der Waals surface area contributed by atoms with Gasteiger partial charge in [0.25, 0.3) is 5.91 Å². The molecule has 1 amide bonds. The summed E-state index contributed by atoms with van der Waals surface area (Å²) in [5.74, 6) is -0.317. The average molecular weight is 351 g/mol. The van der Waals surface area contributed by atoms with Gasteiger partial charge in [-0.1, -0.05) is 59.7 Å². The zero-order chi connectivity index (χ0) is 19.5. The minimum Gasteiger partial charge on any atom is -0.398 e. The molecule has 0 spiro atoms. The van der Waals surface area contributed by atoms with Crippen LogP contribution in [-0.4, -0.2) is 12.1 Å². The molecule has 0 aliphatic rings. The van der Waals surface area contributed by atoms with E-state index < -0.39 is 0 Å². The number of rotatable bonds is 3. The SMILES string of the molecule is CC(C)(C)c1cc(/C=N/NC(=O)c2ccccc2N)cc(C(C)(C)C)c1. The maximum Gasteiger partial charge on any atom is 0.273 e. The summed E-state index contributed by atoms with van der Waals surface area (Å²) in [5.41, 5.74) is 12.7. The molecule has 0 unspecified atom stereocenters. The van der Waals surface area contributed by atoms with Gasteiger partial charge in [-0.3, -0.25) is 4.79 Å². The Balaban J connectivity index is 2.27. The van der Waals surface area contributed by atoms with Gasteiger partial charge < -0.3 is 5.73 Å². The number of hydrazone groups is 1. The maximum absolute atomic E-state index is 12.2. The molecule has 0 aliphatic carbocycles. The standard InChI is InChI=1S/C22H29N3O/c1-21(2,3)16-11-15(12-17(13-16)22(4,5)6)14-24-25-20(26)18-9-7-8-10-19(18)23/h7-14H,23H2,1-6H3,(H,25,26)/b24-14+. The highest BCUT2D eigenvalue weighted by atomic mass is 16.2. The van der Waals surface area contributed by atoms with Gasteiger partial charge in [0.05, 0.1) is 11.8 Å². The number of carbonyl (C=O) groups excluding carboxylic acids is 1. The Morgan fingerprint density at radius 1 is 0.962 bits per heavy atom. The topological polar surface area (TPSA) is 67.5 Å². The average Bonchev–Trinajstić information content (AvgIpc) is 2.53. The summed E-state index contributed by atoms with van der Waals surface area (Å²) in [6.07, 6.45) is 1.68. The van der Waals surface area contributed by atoms with Gasteiger partial charge in [0.15, 0.2) is 0 Å². The van der Waals surface area contributed by atoms with E-state index in [0.717, 1.165) is 5.56 Å². The predicted octanol–water partition coefficient (Wildman–Crippen LogP) is 4.63. The molecule has 0 aromatic heterocycles. The van der Waals surface area contributed by atoms with E-state index in [2.05, 4.69) is 70.3 Å². The van der Waals surface area contributed by atoms with Crippen molar-refractivity contribution in [2.75, 3.05) is 5.73 Å². The van der Waals surface area contributed by atoms with Crippen LogP contribution in [0, 0.1) is 0 Å². The second-order valence-corrected chi connectivity index (χ2v) is 8.63. The van der Waals surface area contributed by atoms with Gasteiger partial charge in [0.1, 0.15) is 0 Å². The molecule has 2 rings (SSSR count). The van der Waals surface area contributed by atoms with Crippen molar-refractivity contribution < 1.29 is 4.79 Å². The molecule has 0 radical (unpaired) electrons. The Bertz CT molecular complexity index is 792. The molecular weight excluding hydrogens is 322 g/mol. The Hall–Kier alpha value is -2.62. The van der Waals surface area contributed by atoms with Crippen molar-refractivity contribution in [1.82, 2.24) is 5.43 Å². The van der Waals surface area contributed by atoms with Gasteiger partial charge >= 0.3 is 0 Å². The van der Waals surface area contributed by atoms with Crippen molar-refractivity contribution in [3.05, 3.63) is 64.7 Å². The summed E-state index contributed by atoms with van der Waals surface area (Å²) in [7, 11) is 0. The molecule has 138 valence electrons. The summed E-state index contributed by atoms with van der Waals surface area (Å²) in [6.45, 7) is 13.1. The van der Waals surface area contributed by atoms with Crippen molar-refractivity contribution in [2.45, 2.75) is 52.4 Å². The van der Waals surface area contributed by atoms with Crippen molar-refractivity contribution in [3.8, 4) is 0 Å². The first kappa shape index (κ1) is 19.7. The molecule has 4 heteroatoms. The third-order valence-corrected chi connectivity index (χ3v) is 4.27. The predicted molar refractivity (Wildman–Crippen MR) is 110 cm³/mol. The van der Waals surface area contributed by atoms with Crippen LogP contribution < -0.4 is 11.2 Å². The van der Waals surface area contributed by atoms with Gasteiger partial charge in [-0.05, 0) is 51.8 Å². The van der Waals surface area contributed by atoms with E-state index in [4.69, 9.17) is 5.73 Å². The fraction of sp³-hybridized carbons (Fsp3) is 0.364. The summed E-state index contributed by atoms with van der Waals surface area (Å²) in [6, 6.07) is 13.4. The normalized spacial score (nSPS) is 12.4. The third-order valence-electron chi connectivity index (χ3n) is 4.27. The monoisotopic (exact) mass is 351 g/mol. The van der Waals surface area contributed by atoms with Gasteiger partial charge in [0, 0.05) is 5.69 Å². The van der Waals surface area contributed by atoms with Gasteiger partial charge in [-0.15, -0.1) is 0 Å². The summed E-state index contributed by atoms with van der Waals surface area (Å²) >= 11 is 0. The van der Waals surface area contributed by atoms with E-state index in [-0.39, 0.29) is 16.7 Å². The number of nitrogens with two attached hydrogens (primary N) is 1. The van der Waals surface area contributed by atoms with E-state index in [9.17, 15) is 4.79 Å². The first-order chi connectivity index (χ1) is 12.0. The zero-order valence-electron chi connectivity index (χ0n) is 16.6. The quantitative estimate of drug-likeness (QED) is 0.481. The van der Waals surface area contributed by atoms with E-state index in [0.29, 0.717) is 11.3 Å². The van der Waals surface area contributed by atoms with Crippen LogP contribution >= 0.6 is 0 Å². The molecule has 0 heterocycles. The Kier molecular flexibility index (Phi) is 5.55. The molecule has 0 fully saturated rings. The molecule has 2 aromatic rings. The number of hydrogen-bond donors (Lipinski definition) is 2. The first-order valence-corrected chi connectivity index (χ1v) is 8.82. The highest BCUT2D eigenvalue weighted by molar-refractivity contribution is 5.99. The molecule has 0 atom stereocenters. The van der Waals surface area contributed by atoms with Crippen LogP contribution in [0.25, 0.3) is 0 Å². The maximum atomic E-state index is 12.2. The number of hydrogen-bond acceptors (Lipinski definition) is 3. The number of benzene rings is 2. The van der Waals surface area contributed by atoms with Crippen LogP contribution in [0.4, 0.5) is 5.69 Å². The lowest BCUT2D eigenvalue weighted by Gasteiger charge is -2.25. The minimum atomic E-state index is -0.317. The fourth-order valence-electron chi connectivity index (χ4n) is 2.52. The van der Waals surface area contributed by atoms with E-state index >= 15 is 0 Å². The number of amides is 1. The number of anilines is 1. The summed E-state index contributed by atoms with van der Waals surface area (Å²) in [5, 5.41) is 4.13. The fourth-order valence-corrected chi connectivity index (χ4v) is 2.52. The van der Waals surface area contributed by atoms with Gasteiger partial charge in [-0.25, -0.2) is 5.43 Å². The minimum absolute atomic E-state index is 0.0333. The number of para-hydroxylation sites is 1. The third kappa shape index (κ3) is 4.94. The van der Waals surface area contributed by atoms with E-state index in [1.807, 2.05) is 0 Å². The van der Waals surface area contributed by atoms with Crippen molar-refractivity contribution in [3.63, 3.8) is 0 Å². The molecule has 3 N–H and O–H groups in total. The number of nitrogens with one attached hydrogen (secondary N) is 1. The largest absolute Gasteiger partial charge is 0.398 e. The molecule has 0 saturated carbocycles. The Morgan fingerprint density at radius 2 is 1.50 bits per heavy atom. The zero-order valence-corrected chi connectivity index (χ0v) is 16.6. The molecule has 0 bridgehead atoms. The second-order valence-electron chi connectivity index (χ2n) is 8.63. The first-order valence-electron chi connectivity index (χ1n) is 8.82. The highest BCUT2D eigenvalue weighted by Gasteiger charge is 2.20. The second kappa shape index (κ2) is 7.32. The molecule has 0 saturated heterocycles. The van der Waals surface area contributed by atoms with Crippen LogP contribution in [0.3, 0.4) is 0 Å². The van der Waals surface area contributed by atoms with Crippen molar-refractivity contribution in [2.24, 2.45) is 5.10 Å². The molecule has 4 nitrogen and oxygen atoms in total. The highest BCUT2D eigenvalue weighted by Crippen LogP contribution is 2.29. The Morgan fingerprint density at radius 3 is 2.00 bits per heavy atom. The number of nitrogen functional groups attached to an aromatic ring is 1. The molecule has 0 aliphatic heterocycles. The molecular formula is C22H29N3O. The van der Waals surface area contributed by atoms with Crippen molar-refractivity contribution >= 4 is 17.8 Å². The van der Waals surface area contributed by atoms with Crippen LogP contribution in [0.15, 0.2) is 47.6 Å². The summed E-state index contributed by atoms with van der Waals surface area (Å²) < 4.78 is 0. The van der Waals surface area contributed by atoms with Crippen LogP contribution in [-0.2, 0) is 10.8 Å². The summed E-state index contributed by atoms with van der Waals surface area (Å²) in [4.78, 5) is 12.2. The number of carbonyl (C=O) groups is 1.